The minimum absolute atomic E-state index is 0.189. The van der Waals surface area contributed by atoms with E-state index < -0.39 is 0 Å². The predicted octanol–water partition coefficient (Wildman–Crippen LogP) is 3.88. The lowest BCUT2D eigenvalue weighted by Crippen LogP contribution is -2.04. The van der Waals surface area contributed by atoms with E-state index in [1.54, 1.807) is 14.2 Å². The van der Waals surface area contributed by atoms with Gasteiger partial charge in [0.05, 0.1) is 12.2 Å². The fraction of sp³-hybridized carbons (Fsp3) is 0.571. The highest BCUT2D eigenvalue weighted by Gasteiger charge is 2.12. The van der Waals surface area contributed by atoms with Gasteiger partial charge in [0, 0.05) is 14.2 Å². The molecule has 0 spiro atoms. The normalized spacial score (nSPS) is 14.8. The summed E-state index contributed by atoms with van der Waals surface area (Å²) in [5, 5.41) is 0. The highest BCUT2D eigenvalue weighted by molar-refractivity contribution is 5.27. The van der Waals surface area contributed by atoms with Crippen molar-refractivity contribution >= 4 is 0 Å². The molecule has 2 nitrogen and oxygen atoms in total. The fourth-order valence-corrected chi connectivity index (χ4v) is 2.04. The van der Waals surface area contributed by atoms with Crippen LogP contribution >= 0.6 is 0 Å². The van der Waals surface area contributed by atoms with Gasteiger partial charge in [-0.05, 0) is 24.0 Å². The highest BCUT2D eigenvalue weighted by Crippen LogP contribution is 2.26. The zero-order valence-electron chi connectivity index (χ0n) is 10.7. The molecule has 0 amide bonds. The van der Waals surface area contributed by atoms with E-state index in [0.29, 0.717) is 0 Å². The first kappa shape index (κ1) is 13.2. The van der Waals surface area contributed by atoms with Gasteiger partial charge in [-0.15, -0.1) is 0 Å². The first-order chi connectivity index (χ1) is 7.76. The van der Waals surface area contributed by atoms with E-state index >= 15 is 0 Å². The lowest BCUT2D eigenvalue weighted by Gasteiger charge is -2.18. The van der Waals surface area contributed by atoms with Crippen molar-refractivity contribution in [1.82, 2.24) is 0 Å². The molecule has 1 aromatic carbocycles. The first-order valence-corrected chi connectivity index (χ1v) is 5.92. The lowest BCUT2D eigenvalue weighted by atomic mass is 10.0. The molecule has 1 rings (SSSR count). The van der Waals surface area contributed by atoms with Crippen LogP contribution in [0.4, 0.5) is 0 Å². The molecule has 0 saturated carbocycles. The van der Waals surface area contributed by atoms with E-state index in [4.69, 9.17) is 9.47 Å². The molecule has 0 fully saturated rings. The third-order valence-corrected chi connectivity index (χ3v) is 2.96. The summed E-state index contributed by atoms with van der Waals surface area (Å²) >= 11 is 0. The number of hydrogen-bond acceptors (Lipinski definition) is 2. The third kappa shape index (κ3) is 3.06. The van der Waals surface area contributed by atoms with Crippen LogP contribution in [0.25, 0.3) is 0 Å². The first-order valence-electron chi connectivity index (χ1n) is 5.92. The van der Waals surface area contributed by atoms with E-state index in [0.717, 1.165) is 12.8 Å². The van der Waals surface area contributed by atoms with Gasteiger partial charge in [0.25, 0.3) is 0 Å². The van der Waals surface area contributed by atoms with Crippen molar-refractivity contribution < 1.29 is 9.47 Å². The van der Waals surface area contributed by atoms with Crippen molar-refractivity contribution in [2.24, 2.45) is 0 Å². The van der Waals surface area contributed by atoms with Crippen molar-refractivity contribution in [3.8, 4) is 0 Å². The Kier molecular flexibility index (Phi) is 5.50. The summed E-state index contributed by atoms with van der Waals surface area (Å²) in [6.07, 6.45) is 2.36. The maximum atomic E-state index is 5.45. The van der Waals surface area contributed by atoms with E-state index in [2.05, 4.69) is 38.1 Å². The zero-order valence-corrected chi connectivity index (χ0v) is 10.7. The average Bonchev–Trinajstić information content (AvgIpc) is 2.33. The summed E-state index contributed by atoms with van der Waals surface area (Å²) in [5.74, 6) is 0. The fourth-order valence-electron chi connectivity index (χ4n) is 2.04. The number of ether oxygens (including phenoxy) is 2. The molecule has 0 saturated heterocycles. The van der Waals surface area contributed by atoms with Gasteiger partial charge in [0.1, 0.15) is 0 Å². The van der Waals surface area contributed by atoms with Gasteiger partial charge in [-0.25, -0.2) is 0 Å². The van der Waals surface area contributed by atoms with Crippen LogP contribution in [0.15, 0.2) is 24.3 Å². The van der Waals surface area contributed by atoms with Gasteiger partial charge >= 0.3 is 0 Å². The van der Waals surface area contributed by atoms with Gasteiger partial charge in [-0.2, -0.15) is 0 Å². The molecule has 0 N–H and O–H groups in total. The summed E-state index contributed by atoms with van der Waals surface area (Å²) in [4.78, 5) is 0. The second-order valence-corrected chi connectivity index (χ2v) is 3.94. The van der Waals surface area contributed by atoms with E-state index in [1.807, 2.05) is 0 Å². The van der Waals surface area contributed by atoms with Crippen LogP contribution in [0.3, 0.4) is 0 Å². The molecule has 0 bridgehead atoms. The topological polar surface area (TPSA) is 18.5 Å². The minimum Gasteiger partial charge on any atom is -0.377 e. The highest BCUT2D eigenvalue weighted by atomic mass is 16.5. The molecule has 0 radical (unpaired) electrons. The molecule has 2 unspecified atom stereocenters. The number of benzene rings is 1. The number of rotatable bonds is 6. The molecule has 0 heterocycles. The van der Waals surface area contributed by atoms with Gasteiger partial charge in [-0.3, -0.25) is 0 Å². The van der Waals surface area contributed by atoms with Gasteiger partial charge in [0.15, 0.2) is 0 Å². The molecule has 0 aromatic heterocycles. The average molecular weight is 222 g/mol. The quantitative estimate of drug-likeness (QED) is 0.727. The Morgan fingerprint density at radius 1 is 0.938 bits per heavy atom. The molecule has 16 heavy (non-hydrogen) atoms. The molecular weight excluding hydrogens is 200 g/mol. The van der Waals surface area contributed by atoms with Gasteiger partial charge in [0.2, 0.25) is 0 Å². The van der Waals surface area contributed by atoms with Crippen LogP contribution in [0, 0.1) is 0 Å². The molecule has 0 aliphatic rings. The van der Waals surface area contributed by atoms with E-state index in [1.165, 1.54) is 11.1 Å². The minimum atomic E-state index is 0.189. The smallest absolute Gasteiger partial charge is 0.0818 e. The Morgan fingerprint density at radius 2 is 1.38 bits per heavy atom. The van der Waals surface area contributed by atoms with Crippen LogP contribution in [-0.4, -0.2) is 14.2 Å². The SMILES string of the molecule is CCC(OC)c1cccc(C(CC)OC)c1. The van der Waals surface area contributed by atoms with Crippen LogP contribution in [0.5, 0.6) is 0 Å². The second kappa shape index (κ2) is 6.66. The third-order valence-electron chi connectivity index (χ3n) is 2.96. The van der Waals surface area contributed by atoms with Gasteiger partial charge < -0.3 is 9.47 Å². The Bertz CT molecular complexity index is 274. The maximum Gasteiger partial charge on any atom is 0.0818 e. The van der Waals surface area contributed by atoms with Crippen molar-refractivity contribution in [1.29, 1.82) is 0 Å². The second-order valence-electron chi connectivity index (χ2n) is 3.94. The van der Waals surface area contributed by atoms with Crippen molar-refractivity contribution in [2.45, 2.75) is 38.9 Å². The largest absolute Gasteiger partial charge is 0.377 e. The molecule has 0 aliphatic heterocycles. The molecule has 0 aliphatic carbocycles. The molecular formula is C14H22O2. The Labute approximate surface area is 98.6 Å². The van der Waals surface area contributed by atoms with Crippen molar-refractivity contribution in [2.75, 3.05) is 14.2 Å². The summed E-state index contributed by atoms with van der Waals surface area (Å²) in [5.41, 5.74) is 2.47. The Hall–Kier alpha value is -0.860. The standard InChI is InChI=1S/C14H22O2/c1-5-13(15-3)11-8-7-9-12(10-11)14(6-2)16-4/h7-10,13-14H,5-6H2,1-4H3. The summed E-state index contributed by atoms with van der Waals surface area (Å²) < 4.78 is 10.9. The van der Waals surface area contributed by atoms with Crippen molar-refractivity contribution in [3.05, 3.63) is 35.4 Å². The van der Waals surface area contributed by atoms with Crippen molar-refractivity contribution in [3.63, 3.8) is 0 Å². The zero-order chi connectivity index (χ0) is 12.0. The molecule has 2 heteroatoms. The predicted molar refractivity (Wildman–Crippen MR) is 66.5 cm³/mol. The Morgan fingerprint density at radius 3 is 1.69 bits per heavy atom. The number of methoxy groups -OCH3 is 2. The Balaban J connectivity index is 2.93. The molecule has 90 valence electrons. The van der Waals surface area contributed by atoms with E-state index in [9.17, 15) is 0 Å². The van der Waals surface area contributed by atoms with E-state index in [-0.39, 0.29) is 12.2 Å². The summed E-state index contributed by atoms with van der Waals surface area (Å²) in [6, 6.07) is 8.50. The number of hydrogen-bond donors (Lipinski definition) is 0. The van der Waals surface area contributed by atoms with Crippen LogP contribution < -0.4 is 0 Å². The monoisotopic (exact) mass is 222 g/mol. The van der Waals surface area contributed by atoms with Crippen LogP contribution in [0.2, 0.25) is 0 Å². The summed E-state index contributed by atoms with van der Waals surface area (Å²) in [7, 11) is 3.52. The molecule has 1 aromatic rings. The van der Waals surface area contributed by atoms with Crippen LogP contribution in [-0.2, 0) is 9.47 Å². The molecule has 2 atom stereocenters. The lowest BCUT2D eigenvalue weighted by molar-refractivity contribution is 0.0946. The maximum absolute atomic E-state index is 5.45. The van der Waals surface area contributed by atoms with Gasteiger partial charge in [-0.1, -0.05) is 38.1 Å². The summed E-state index contributed by atoms with van der Waals surface area (Å²) in [6.45, 7) is 4.27. The van der Waals surface area contributed by atoms with Crippen LogP contribution in [0.1, 0.15) is 50.0 Å².